The van der Waals surface area contributed by atoms with Gasteiger partial charge in [0.25, 0.3) is 0 Å². The van der Waals surface area contributed by atoms with E-state index in [2.05, 4.69) is 0 Å². The van der Waals surface area contributed by atoms with E-state index in [1.54, 1.807) is 6.07 Å². The molecule has 1 saturated heterocycles. The molecule has 20 heavy (non-hydrogen) atoms. The van der Waals surface area contributed by atoms with Gasteiger partial charge in [0.05, 0.1) is 13.2 Å². The van der Waals surface area contributed by atoms with Crippen molar-refractivity contribution in [2.45, 2.75) is 12.6 Å². The van der Waals surface area contributed by atoms with Crippen LogP contribution in [-0.2, 0) is 16.1 Å². The molecule has 0 aromatic heterocycles. The Morgan fingerprint density at radius 2 is 2.25 bits per heavy atom. The van der Waals surface area contributed by atoms with Crippen molar-refractivity contribution in [1.29, 1.82) is 0 Å². The second-order valence-corrected chi connectivity index (χ2v) is 5.07. The van der Waals surface area contributed by atoms with E-state index in [0.29, 0.717) is 30.8 Å². The third-order valence-electron chi connectivity index (χ3n) is 3.27. The molecule has 0 bridgehead atoms. The standard InChI is InChI=1S/C13H16FN3O2S/c14-9-1-2-10(13(16)20)8(5-9)6-17-3-4-19-7-11(17)12(15)18/h1-2,5,11H,3-4,6-7H2,(H2,15,18)(H2,16,20). The number of benzene rings is 1. The van der Waals surface area contributed by atoms with Crippen molar-refractivity contribution >= 4 is 23.1 Å². The maximum atomic E-state index is 13.4. The average molecular weight is 297 g/mol. The molecule has 1 aromatic carbocycles. The van der Waals surface area contributed by atoms with Crippen molar-refractivity contribution in [2.24, 2.45) is 11.5 Å². The number of rotatable bonds is 4. The van der Waals surface area contributed by atoms with E-state index in [9.17, 15) is 9.18 Å². The quantitative estimate of drug-likeness (QED) is 0.773. The number of hydrogen-bond donors (Lipinski definition) is 2. The minimum atomic E-state index is -0.522. The molecule has 1 atom stereocenters. The summed E-state index contributed by atoms with van der Waals surface area (Å²) < 4.78 is 18.6. The molecule has 5 nitrogen and oxygen atoms in total. The van der Waals surface area contributed by atoms with E-state index in [0.717, 1.165) is 0 Å². The van der Waals surface area contributed by atoms with Crippen LogP contribution in [0.5, 0.6) is 0 Å². The maximum Gasteiger partial charge on any atom is 0.237 e. The van der Waals surface area contributed by atoms with Crippen LogP contribution in [0.4, 0.5) is 4.39 Å². The third kappa shape index (κ3) is 3.30. The number of hydrogen-bond acceptors (Lipinski definition) is 4. The Labute approximate surface area is 121 Å². The largest absolute Gasteiger partial charge is 0.389 e. The summed E-state index contributed by atoms with van der Waals surface area (Å²) >= 11 is 4.96. The predicted molar refractivity (Wildman–Crippen MR) is 76.5 cm³/mol. The average Bonchev–Trinajstić information content (AvgIpc) is 2.38. The Bertz CT molecular complexity index is 538. The molecule has 2 rings (SSSR count). The van der Waals surface area contributed by atoms with E-state index in [1.165, 1.54) is 12.1 Å². The Morgan fingerprint density at radius 3 is 2.90 bits per heavy atom. The monoisotopic (exact) mass is 297 g/mol. The van der Waals surface area contributed by atoms with Crippen LogP contribution in [0.25, 0.3) is 0 Å². The topological polar surface area (TPSA) is 81.6 Å². The van der Waals surface area contributed by atoms with Crippen LogP contribution in [0.15, 0.2) is 18.2 Å². The second-order valence-electron chi connectivity index (χ2n) is 4.63. The minimum absolute atomic E-state index is 0.198. The highest BCUT2D eigenvalue weighted by molar-refractivity contribution is 7.80. The SMILES string of the molecule is NC(=O)C1COCCN1Cc1cc(F)ccc1C(N)=S. The molecule has 0 saturated carbocycles. The zero-order chi connectivity index (χ0) is 14.7. The van der Waals surface area contributed by atoms with Gasteiger partial charge in [-0.3, -0.25) is 9.69 Å². The van der Waals surface area contributed by atoms with Crippen molar-refractivity contribution in [1.82, 2.24) is 4.90 Å². The van der Waals surface area contributed by atoms with Gasteiger partial charge in [-0.1, -0.05) is 12.2 Å². The molecule has 108 valence electrons. The molecule has 1 aliphatic rings. The Hall–Kier alpha value is -1.57. The van der Waals surface area contributed by atoms with Crippen molar-refractivity contribution < 1.29 is 13.9 Å². The zero-order valence-electron chi connectivity index (χ0n) is 10.8. The van der Waals surface area contributed by atoms with E-state index in [4.69, 9.17) is 28.4 Å². The van der Waals surface area contributed by atoms with Gasteiger partial charge in [0.2, 0.25) is 5.91 Å². The van der Waals surface area contributed by atoms with Crippen LogP contribution in [0.3, 0.4) is 0 Å². The van der Waals surface area contributed by atoms with Crippen molar-refractivity contribution in [2.75, 3.05) is 19.8 Å². The highest BCUT2D eigenvalue weighted by Crippen LogP contribution is 2.17. The number of carbonyl (C=O) groups excluding carboxylic acids is 1. The van der Waals surface area contributed by atoms with E-state index >= 15 is 0 Å². The van der Waals surface area contributed by atoms with Gasteiger partial charge in [0.1, 0.15) is 16.8 Å². The van der Waals surface area contributed by atoms with Crippen LogP contribution in [0.1, 0.15) is 11.1 Å². The highest BCUT2D eigenvalue weighted by atomic mass is 32.1. The fourth-order valence-corrected chi connectivity index (χ4v) is 2.44. The van der Waals surface area contributed by atoms with E-state index in [-0.39, 0.29) is 17.4 Å². The van der Waals surface area contributed by atoms with Gasteiger partial charge in [-0.2, -0.15) is 0 Å². The smallest absolute Gasteiger partial charge is 0.237 e. The lowest BCUT2D eigenvalue weighted by atomic mass is 10.1. The first-order chi connectivity index (χ1) is 9.49. The summed E-state index contributed by atoms with van der Waals surface area (Å²) in [5.74, 6) is -0.832. The fraction of sp³-hybridized carbons (Fsp3) is 0.385. The Morgan fingerprint density at radius 1 is 1.50 bits per heavy atom. The summed E-state index contributed by atoms with van der Waals surface area (Å²) in [6.45, 7) is 1.64. The second kappa shape index (κ2) is 6.25. The molecule has 1 heterocycles. The van der Waals surface area contributed by atoms with Gasteiger partial charge in [-0.25, -0.2) is 4.39 Å². The molecule has 1 aromatic rings. The molecular formula is C13H16FN3O2S. The molecule has 0 aliphatic carbocycles. The molecule has 1 fully saturated rings. The fourth-order valence-electron chi connectivity index (χ4n) is 2.24. The third-order valence-corrected chi connectivity index (χ3v) is 3.49. The van der Waals surface area contributed by atoms with Crippen LogP contribution in [0, 0.1) is 5.82 Å². The predicted octanol–water partition coefficient (Wildman–Crippen LogP) is 0.146. The summed E-state index contributed by atoms with van der Waals surface area (Å²) in [6.07, 6.45) is 0. The number of primary amides is 1. The molecular weight excluding hydrogens is 281 g/mol. The number of morpholine rings is 1. The Balaban J connectivity index is 2.25. The number of nitrogens with two attached hydrogens (primary N) is 2. The first-order valence-electron chi connectivity index (χ1n) is 6.18. The number of nitrogens with zero attached hydrogens (tertiary/aromatic N) is 1. The van der Waals surface area contributed by atoms with Gasteiger partial charge >= 0.3 is 0 Å². The molecule has 1 unspecified atom stereocenters. The summed E-state index contributed by atoms with van der Waals surface area (Å²) in [5.41, 5.74) is 12.2. The van der Waals surface area contributed by atoms with Crippen LogP contribution >= 0.6 is 12.2 Å². The molecule has 7 heteroatoms. The van der Waals surface area contributed by atoms with Crippen LogP contribution in [-0.4, -0.2) is 41.6 Å². The van der Waals surface area contributed by atoms with Gasteiger partial charge in [-0.05, 0) is 23.8 Å². The van der Waals surface area contributed by atoms with E-state index in [1.807, 2.05) is 4.90 Å². The Kier molecular flexibility index (Phi) is 4.64. The lowest BCUT2D eigenvalue weighted by Gasteiger charge is -2.33. The van der Waals surface area contributed by atoms with E-state index < -0.39 is 11.9 Å². The number of amides is 1. The number of halogens is 1. The molecule has 1 amide bonds. The molecule has 1 aliphatic heterocycles. The normalized spacial score (nSPS) is 19.8. The van der Waals surface area contributed by atoms with Gasteiger partial charge in [-0.15, -0.1) is 0 Å². The van der Waals surface area contributed by atoms with Gasteiger partial charge in [0.15, 0.2) is 0 Å². The number of ether oxygens (including phenoxy) is 1. The van der Waals surface area contributed by atoms with Gasteiger partial charge < -0.3 is 16.2 Å². The summed E-state index contributed by atoms with van der Waals surface area (Å²) in [6, 6.07) is 3.71. The van der Waals surface area contributed by atoms with Gasteiger partial charge in [0, 0.05) is 18.7 Å². The summed E-state index contributed by atoms with van der Waals surface area (Å²) in [4.78, 5) is 13.5. The number of thiocarbonyl (C=S) groups is 1. The maximum absolute atomic E-state index is 13.4. The zero-order valence-corrected chi connectivity index (χ0v) is 11.7. The van der Waals surface area contributed by atoms with Crippen LogP contribution < -0.4 is 11.5 Å². The lowest BCUT2D eigenvalue weighted by molar-refractivity contribution is -0.129. The van der Waals surface area contributed by atoms with Crippen molar-refractivity contribution in [3.63, 3.8) is 0 Å². The lowest BCUT2D eigenvalue weighted by Crippen LogP contribution is -2.52. The molecule has 0 radical (unpaired) electrons. The minimum Gasteiger partial charge on any atom is -0.389 e. The first kappa shape index (κ1) is 14.8. The first-order valence-corrected chi connectivity index (χ1v) is 6.59. The molecule has 4 N–H and O–H groups in total. The summed E-state index contributed by atoms with van der Waals surface area (Å²) in [5, 5.41) is 0. The van der Waals surface area contributed by atoms with Crippen molar-refractivity contribution in [3.8, 4) is 0 Å². The van der Waals surface area contributed by atoms with Crippen LogP contribution in [0.2, 0.25) is 0 Å². The molecule has 0 spiro atoms. The van der Waals surface area contributed by atoms with Crippen molar-refractivity contribution in [3.05, 3.63) is 35.1 Å². The number of carbonyl (C=O) groups is 1. The highest BCUT2D eigenvalue weighted by Gasteiger charge is 2.28. The summed E-state index contributed by atoms with van der Waals surface area (Å²) in [7, 11) is 0.